The Morgan fingerprint density at radius 2 is 0.800 bits per heavy atom. The van der Waals surface area contributed by atoms with Gasteiger partial charge in [-0.1, -0.05) is 36.4 Å². The largest absolute Gasteiger partial charge is 0.393 e. The molecule has 0 unspecified atom stereocenters. The molecule has 0 N–H and O–H groups in total. The first-order chi connectivity index (χ1) is 19.1. The van der Waals surface area contributed by atoms with Crippen LogP contribution in [0.5, 0.6) is 0 Å². The third-order valence-electron chi connectivity index (χ3n) is 5.38. The highest BCUT2D eigenvalue weighted by molar-refractivity contribution is 6.17. The van der Waals surface area contributed by atoms with Crippen LogP contribution in [-0.4, -0.2) is 47.8 Å². The molecule has 0 spiro atoms. The van der Waals surface area contributed by atoms with Crippen molar-refractivity contribution in [3.05, 3.63) is 95.1 Å². The van der Waals surface area contributed by atoms with Crippen molar-refractivity contribution < 1.29 is 57.3 Å². The summed E-state index contributed by atoms with van der Waals surface area (Å²) in [5, 5.41) is 1.87. The number of esters is 8. The van der Waals surface area contributed by atoms with E-state index in [4.69, 9.17) is 0 Å². The Bertz CT molecular complexity index is 1530. The normalized spacial score (nSPS) is 15.9. The van der Waals surface area contributed by atoms with E-state index in [2.05, 4.69) is 18.9 Å². The molecule has 40 heavy (non-hydrogen) atoms. The van der Waals surface area contributed by atoms with E-state index in [1.807, 2.05) is 24.3 Å². The molecule has 3 aromatic rings. The van der Waals surface area contributed by atoms with Crippen molar-refractivity contribution in [1.29, 1.82) is 0 Å². The van der Waals surface area contributed by atoms with Crippen molar-refractivity contribution in [2.75, 3.05) is 0 Å². The molecule has 200 valence electrons. The van der Waals surface area contributed by atoms with Crippen molar-refractivity contribution in [2.24, 2.45) is 0 Å². The molecule has 12 nitrogen and oxygen atoms in total. The highest BCUT2D eigenvalue weighted by Crippen LogP contribution is 2.25. The van der Waals surface area contributed by atoms with Crippen LogP contribution in [-0.2, 0) is 38.1 Å². The Labute approximate surface area is 224 Å². The van der Waals surface area contributed by atoms with Crippen LogP contribution in [0.4, 0.5) is 0 Å². The minimum absolute atomic E-state index is 0.263. The van der Waals surface area contributed by atoms with E-state index in [9.17, 15) is 38.4 Å². The Morgan fingerprint density at radius 1 is 0.425 bits per heavy atom. The number of hydrogen-bond donors (Lipinski definition) is 0. The van der Waals surface area contributed by atoms with Gasteiger partial charge in [-0.2, -0.15) is 0 Å². The van der Waals surface area contributed by atoms with Crippen LogP contribution in [0.1, 0.15) is 54.3 Å². The fourth-order valence-electron chi connectivity index (χ4n) is 3.54. The molecule has 1 saturated heterocycles. The summed E-state index contributed by atoms with van der Waals surface area (Å²) in [4.78, 5) is 84.1. The van der Waals surface area contributed by atoms with Gasteiger partial charge in [0, 0.05) is 12.2 Å². The van der Waals surface area contributed by atoms with Gasteiger partial charge in [0.2, 0.25) is 0 Å². The lowest BCUT2D eigenvalue weighted by molar-refractivity contribution is -0.153. The summed E-state index contributed by atoms with van der Waals surface area (Å²) >= 11 is 0. The van der Waals surface area contributed by atoms with E-state index < -0.39 is 47.8 Å². The first kappa shape index (κ1) is 27.3. The molecular weight excluding hydrogens is 528 g/mol. The lowest BCUT2D eigenvalue weighted by Gasteiger charge is -1.98. The Balaban J connectivity index is 0.000000131. The molecule has 4 heterocycles. The fraction of sp³-hybridized carbons (Fsp3) is 0.0714. The zero-order chi connectivity index (χ0) is 28.8. The third kappa shape index (κ3) is 6.37. The second-order valence-corrected chi connectivity index (χ2v) is 8.06. The molecule has 0 radical (unpaired) electrons. The van der Waals surface area contributed by atoms with Crippen LogP contribution >= 0.6 is 0 Å². The van der Waals surface area contributed by atoms with E-state index in [1.54, 1.807) is 36.4 Å². The summed E-state index contributed by atoms with van der Waals surface area (Å²) in [5.41, 5.74) is 1.44. The number of benzene rings is 3. The highest BCUT2D eigenvalue weighted by atomic mass is 16.6. The van der Waals surface area contributed by atoms with Gasteiger partial charge in [-0.25, -0.2) is 28.8 Å². The van der Waals surface area contributed by atoms with Crippen molar-refractivity contribution in [3.8, 4) is 0 Å². The van der Waals surface area contributed by atoms with Crippen LogP contribution in [0.3, 0.4) is 0 Å². The maximum atomic E-state index is 11.3. The minimum Gasteiger partial charge on any atom is -0.393 e. The molecule has 0 atom stereocenters. The van der Waals surface area contributed by atoms with Crippen LogP contribution in [0.2, 0.25) is 0 Å². The number of cyclic esters (lactones) is 8. The van der Waals surface area contributed by atoms with E-state index >= 15 is 0 Å². The lowest BCUT2D eigenvalue weighted by Crippen LogP contribution is -1.96. The number of rotatable bonds is 0. The van der Waals surface area contributed by atoms with Gasteiger partial charge in [-0.15, -0.1) is 0 Å². The van der Waals surface area contributed by atoms with Gasteiger partial charge in [0.05, 0.1) is 35.1 Å². The summed E-state index contributed by atoms with van der Waals surface area (Å²) in [5.74, 6) is -4.16. The molecular formula is C28H16O12. The molecule has 0 aromatic heterocycles. The Kier molecular flexibility index (Phi) is 7.99. The van der Waals surface area contributed by atoms with E-state index in [0.29, 0.717) is 22.3 Å². The molecule has 0 bridgehead atoms. The van der Waals surface area contributed by atoms with Crippen molar-refractivity contribution in [3.63, 3.8) is 0 Å². The SMILES string of the molecule is O=C1C=CC(=O)O1.O=C1CCC(=O)O1.O=C1OC(=O)c2cc3ccccc3cc21.O=C1OC(=O)c2ccccc21. The van der Waals surface area contributed by atoms with E-state index in [0.717, 1.165) is 22.9 Å². The highest BCUT2D eigenvalue weighted by Gasteiger charge is 2.30. The van der Waals surface area contributed by atoms with Crippen molar-refractivity contribution in [1.82, 2.24) is 0 Å². The molecule has 3 aromatic carbocycles. The summed E-state index contributed by atoms with van der Waals surface area (Å²) in [6, 6.07) is 17.5. The van der Waals surface area contributed by atoms with Gasteiger partial charge in [0.25, 0.3) is 0 Å². The standard InChI is InChI=1S/C12H6O3.C8H4O3.C4H4O3.C4H2O3/c13-11-9-5-7-3-1-2-4-8(7)6-10(9)12(14)15-11;9-7-5-3-1-2-4-6(5)8(10)11-7;2*5-3-1-2-4(6)7-3/h1-6H;1-4H;1-2H2;1-2H. The topological polar surface area (TPSA) is 173 Å². The minimum atomic E-state index is -0.579. The number of ether oxygens (including phenoxy) is 4. The van der Waals surface area contributed by atoms with Crippen molar-refractivity contribution >= 4 is 58.5 Å². The Morgan fingerprint density at radius 3 is 1.12 bits per heavy atom. The van der Waals surface area contributed by atoms with Gasteiger partial charge in [-0.3, -0.25) is 9.59 Å². The second kappa shape index (κ2) is 11.7. The molecule has 0 aliphatic carbocycles. The van der Waals surface area contributed by atoms with Crippen LogP contribution in [0.15, 0.2) is 72.8 Å². The van der Waals surface area contributed by atoms with Gasteiger partial charge in [0.15, 0.2) is 0 Å². The van der Waals surface area contributed by atoms with Gasteiger partial charge < -0.3 is 18.9 Å². The molecule has 4 aliphatic rings. The summed E-state index contributed by atoms with van der Waals surface area (Å²) < 4.78 is 16.9. The predicted octanol–water partition coefficient (Wildman–Crippen LogP) is 2.62. The zero-order valence-corrected chi connectivity index (χ0v) is 20.2. The molecule has 0 amide bonds. The molecule has 12 heteroatoms. The van der Waals surface area contributed by atoms with Gasteiger partial charge >= 0.3 is 47.8 Å². The van der Waals surface area contributed by atoms with Crippen LogP contribution < -0.4 is 0 Å². The smallest absolute Gasteiger partial charge is 0.346 e. The summed E-state index contributed by atoms with van der Waals surface area (Å²) in [7, 11) is 0. The van der Waals surface area contributed by atoms with Crippen LogP contribution in [0, 0.1) is 0 Å². The monoisotopic (exact) mass is 544 g/mol. The second-order valence-electron chi connectivity index (χ2n) is 8.06. The van der Waals surface area contributed by atoms with E-state index in [-0.39, 0.29) is 12.8 Å². The first-order valence-corrected chi connectivity index (χ1v) is 11.4. The maximum absolute atomic E-state index is 11.3. The first-order valence-electron chi connectivity index (χ1n) is 11.4. The van der Waals surface area contributed by atoms with Gasteiger partial charge in [-0.05, 0) is 35.0 Å². The number of hydrogen-bond acceptors (Lipinski definition) is 12. The maximum Gasteiger partial charge on any atom is 0.346 e. The number of carbonyl (C=O) groups is 8. The zero-order valence-electron chi connectivity index (χ0n) is 20.2. The average molecular weight is 544 g/mol. The fourth-order valence-corrected chi connectivity index (χ4v) is 3.54. The average Bonchev–Trinajstić information content (AvgIpc) is 3.67. The molecule has 4 aliphatic heterocycles. The summed E-state index contributed by atoms with van der Waals surface area (Å²) in [6.45, 7) is 0. The van der Waals surface area contributed by atoms with Gasteiger partial charge in [0.1, 0.15) is 0 Å². The molecule has 1 fully saturated rings. The Hall–Kier alpha value is -5.78. The number of carbonyl (C=O) groups excluding carboxylic acids is 8. The van der Waals surface area contributed by atoms with E-state index in [1.165, 1.54) is 0 Å². The molecule has 7 rings (SSSR count). The molecule has 0 saturated carbocycles. The predicted molar refractivity (Wildman–Crippen MR) is 130 cm³/mol. The van der Waals surface area contributed by atoms with Crippen LogP contribution in [0.25, 0.3) is 10.8 Å². The quantitative estimate of drug-likeness (QED) is 0.230. The number of fused-ring (bicyclic) bond motifs is 3. The third-order valence-corrected chi connectivity index (χ3v) is 5.38. The van der Waals surface area contributed by atoms with Crippen molar-refractivity contribution in [2.45, 2.75) is 12.8 Å². The lowest BCUT2D eigenvalue weighted by atomic mass is 10.0. The summed E-state index contributed by atoms with van der Waals surface area (Å²) in [6.07, 6.45) is 2.70.